The first-order chi connectivity index (χ1) is 13.6. The van der Waals surface area contributed by atoms with Crippen molar-refractivity contribution >= 4 is 23.3 Å². The first-order valence-electron chi connectivity index (χ1n) is 9.19. The highest BCUT2D eigenvalue weighted by atomic mass is 19.1. The Labute approximate surface area is 161 Å². The smallest absolute Gasteiger partial charge is 0.378 e. The van der Waals surface area contributed by atoms with E-state index in [-0.39, 0.29) is 11.6 Å². The van der Waals surface area contributed by atoms with Crippen LogP contribution in [0.1, 0.15) is 23.2 Å². The molecule has 2 aromatic heterocycles. The number of halogens is 1. The molecule has 0 amide bonds. The second kappa shape index (κ2) is 7.41. The van der Waals surface area contributed by atoms with Crippen molar-refractivity contribution in [1.82, 2.24) is 19.6 Å². The predicted octanol–water partition coefficient (Wildman–Crippen LogP) is 1.94. The summed E-state index contributed by atoms with van der Waals surface area (Å²) < 4.78 is 19.5. The number of methoxy groups -OCH3 is 1. The molecule has 0 N–H and O–H groups in total. The summed E-state index contributed by atoms with van der Waals surface area (Å²) in [6.45, 7) is 5.11. The molecule has 146 valence electrons. The van der Waals surface area contributed by atoms with Crippen molar-refractivity contribution in [3.63, 3.8) is 0 Å². The first-order valence-corrected chi connectivity index (χ1v) is 9.19. The second-order valence-electron chi connectivity index (χ2n) is 6.55. The van der Waals surface area contributed by atoms with Gasteiger partial charge in [-0.15, -0.1) is 5.10 Å². The molecule has 0 aliphatic carbocycles. The zero-order valence-electron chi connectivity index (χ0n) is 15.8. The van der Waals surface area contributed by atoms with Crippen molar-refractivity contribution in [2.45, 2.75) is 13.3 Å². The lowest BCUT2D eigenvalue weighted by molar-refractivity contribution is 0.0587. The molecule has 9 heteroatoms. The van der Waals surface area contributed by atoms with Crippen LogP contribution in [-0.2, 0) is 11.2 Å². The average molecular weight is 384 g/mol. The maximum absolute atomic E-state index is 13.2. The van der Waals surface area contributed by atoms with E-state index in [4.69, 9.17) is 4.74 Å². The highest BCUT2D eigenvalue weighted by molar-refractivity contribution is 5.85. The largest absolute Gasteiger partial charge is 0.463 e. The normalized spacial score (nSPS) is 14.5. The van der Waals surface area contributed by atoms with Gasteiger partial charge in [-0.1, -0.05) is 6.92 Å². The number of anilines is 2. The van der Waals surface area contributed by atoms with E-state index in [2.05, 4.69) is 24.9 Å². The molecule has 1 aliphatic heterocycles. The van der Waals surface area contributed by atoms with E-state index in [0.717, 1.165) is 49.8 Å². The van der Waals surface area contributed by atoms with Crippen LogP contribution in [0.2, 0.25) is 0 Å². The number of aromatic nitrogens is 4. The molecule has 4 rings (SSSR count). The molecule has 1 saturated heterocycles. The maximum Gasteiger partial charge on any atom is 0.378 e. The summed E-state index contributed by atoms with van der Waals surface area (Å²) in [4.78, 5) is 24.9. The van der Waals surface area contributed by atoms with Gasteiger partial charge in [0.25, 0.3) is 11.6 Å². The molecule has 3 aromatic rings. The summed E-state index contributed by atoms with van der Waals surface area (Å²) in [6.07, 6.45) is 0.749. The van der Waals surface area contributed by atoms with Crippen LogP contribution in [-0.4, -0.2) is 58.8 Å². The molecule has 0 saturated carbocycles. The highest BCUT2D eigenvalue weighted by Crippen LogP contribution is 2.22. The third-order valence-electron chi connectivity index (χ3n) is 4.87. The van der Waals surface area contributed by atoms with Gasteiger partial charge in [-0.05, 0) is 30.7 Å². The molecular weight excluding hydrogens is 363 g/mol. The monoisotopic (exact) mass is 384 g/mol. The minimum Gasteiger partial charge on any atom is -0.463 e. The SMILES string of the molecule is CCc1cc(N2CCN(c3ccc(F)cc3)CC2)n2nc(C(=O)OC)nc2n1. The van der Waals surface area contributed by atoms with E-state index in [1.54, 1.807) is 16.6 Å². The van der Waals surface area contributed by atoms with Gasteiger partial charge in [0.15, 0.2) is 0 Å². The quantitative estimate of drug-likeness (QED) is 0.636. The van der Waals surface area contributed by atoms with Crippen LogP contribution in [0.25, 0.3) is 5.78 Å². The van der Waals surface area contributed by atoms with E-state index in [9.17, 15) is 9.18 Å². The van der Waals surface area contributed by atoms with Crippen LogP contribution < -0.4 is 9.80 Å². The molecule has 0 radical (unpaired) electrons. The number of aryl methyl sites for hydroxylation is 1. The number of hydrogen-bond acceptors (Lipinski definition) is 7. The van der Waals surface area contributed by atoms with Gasteiger partial charge in [0.2, 0.25) is 0 Å². The molecule has 0 unspecified atom stereocenters. The Morgan fingerprint density at radius 1 is 1.11 bits per heavy atom. The van der Waals surface area contributed by atoms with Crippen molar-refractivity contribution in [3.05, 3.63) is 47.7 Å². The summed E-state index contributed by atoms with van der Waals surface area (Å²) in [5.74, 6) is 0.408. The van der Waals surface area contributed by atoms with Crippen molar-refractivity contribution in [2.24, 2.45) is 0 Å². The van der Waals surface area contributed by atoms with E-state index in [1.807, 2.05) is 13.0 Å². The Kier molecular flexibility index (Phi) is 4.81. The lowest BCUT2D eigenvalue weighted by atomic mass is 10.2. The molecule has 28 heavy (non-hydrogen) atoms. The fourth-order valence-corrected chi connectivity index (χ4v) is 3.33. The molecule has 0 atom stereocenters. The zero-order valence-corrected chi connectivity index (χ0v) is 15.8. The van der Waals surface area contributed by atoms with Crippen LogP contribution in [0.3, 0.4) is 0 Å². The van der Waals surface area contributed by atoms with Crippen LogP contribution in [0.4, 0.5) is 15.9 Å². The van der Waals surface area contributed by atoms with Crippen LogP contribution in [0.5, 0.6) is 0 Å². The van der Waals surface area contributed by atoms with Gasteiger partial charge < -0.3 is 14.5 Å². The standard InChI is InChI=1S/C19H21FN6O2/c1-3-14-12-16(26-19(21-14)22-17(23-26)18(27)28-2)25-10-8-24(9-11-25)15-6-4-13(20)5-7-15/h4-7,12H,3,8-11H2,1-2H3. The van der Waals surface area contributed by atoms with Gasteiger partial charge >= 0.3 is 5.97 Å². The van der Waals surface area contributed by atoms with Gasteiger partial charge in [-0.2, -0.15) is 9.50 Å². The second-order valence-corrected chi connectivity index (χ2v) is 6.55. The van der Waals surface area contributed by atoms with Crippen LogP contribution in [0, 0.1) is 5.82 Å². The fraction of sp³-hybridized carbons (Fsp3) is 0.368. The van der Waals surface area contributed by atoms with Gasteiger partial charge in [-0.25, -0.2) is 14.2 Å². The minimum atomic E-state index is -0.587. The molecule has 8 nitrogen and oxygen atoms in total. The number of carbonyl (C=O) groups excluding carboxylic acids is 1. The van der Waals surface area contributed by atoms with Crippen molar-refractivity contribution in [2.75, 3.05) is 43.1 Å². The Morgan fingerprint density at radius 3 is 2.43 bits per heavy atom. The highest BCUT2D eigenvalue weighted by Gasteiger charge is 2.23. The molecule has 0 spiro atoms. The number of carbonyl (C=O) groups is 1. The molecule has 3 heterocycles. The number of fused-ring (bicyclic) bond motifs is 1. The van der Waals surface area contributed by atoms with Crippen molar-refractivity contribution < 1.29 is 13.9 Å². The van der Waals surface area contributed by atoms with Crippen LogP contribution >= 0.6 is 0 Å². The number of nitrogens with zero attached hydrogens (tertiary/aromatic N) is 6. The average Bonchev–Trinajstić information content (AvgIpc) is 3.17. The van der Waals surface area contributed by atoms with Crippen molar-refractivity contribution in [3.8, 4) is 0 Å². The number of benzene rings is 1. The van der Waals surface area contributed by atoms with E-state index in [1.165, 1.54) is 19.2 Å². The van der Waals surface area contributed by atoms with E-state index >= 15 is 0 Å². The number of rotatable bonds is 4. The van der Waals surface area contributed by atoms with Gasteiger partial charge in [-0.3, -0.25) is 0 Å². The van der Waals surface area contributed by atoms with Gasteiger partial charge in [0.1, 0.15) is 11.6 Å². The minimum absolute atomic E-state index is 0.00514. The summed E-state index contributed by atoms with van der Waals surface area (Å²) in [6, 6.07) is 8.53. The first kappa shape index (κ1) is 18.1. The van der Waals surface area contributed by atoms with E-state index in [0.29, 0.717) is 5.78 Å². The number of ether oxygens (including phenoxy) is 1. The summed E-state index contributed by atoms with van der Waals surface area (Å²) >= 11 is 0. The molecule has 0 bridgehead atoms. The topological polar surface area (TPSA) is 75.9 Å². The Hall–Kier alpha value is -3.23. The lowest BCUT2D eigenvalue weighted by Crippen LogP contribution is -2.47. The summed E-state index contributed by atoms with van der Waals surface area (Å²) in [5.41, 5.74) is 1.89. The van der Waals surface area contributed by atoms with E-state index < -0.39 is 5.97 Å². The summed E-state index contributed by atoms with van der Waals surface area (Å²) in [7, 11) is 1.30. The number of esters is 1. The maximum atomic E-state index is 13.2. The lowest BCUT2D eigenvalue weighted by Gasteiger charge is -2.37. The predicted molar refractivity (Wildman–Crippen MR) is 102 cm³/mol. The van der Waals surface area contributed by atoms with Crippen LogP contribution in [0.15, 0.2) is 30.3 Å². The fourth-order valence-electron chi connectivity index (χ4n) is 3.33. The number of hydrogen-bond donors (Lipinski definition) is 0. The van der Waals surface area contributed by atoms with Gasteiger partial charge in [0, 0.05) is 43.6 Å². The third-order valence-corrected chi connectivity index (χ3v) is 4.87. The Balaban J connectivity index is 1.61. The van der Waals surface area contributed by atoms with Gasteiger partial charge in [0.05, 0.1) is 7.11 Å². The molecule has 1 aromatic carbocycles. The third kappa shape index (κ3) is 3.35. The molecular formula is C19H21FN6O2. The Morgan fingerprint density at radius 2 is 1.79 bits per heavy atom. The van der Waals surface area contributed by atoms with Crippen molar-refractivity contribution in [1.29, 1.82) is 0 Å². The molecule has 1 aliphatic rings. The zero-order chi connectivity index (χ0) is 19.7. The summed E-state index contributed by atoms with van der Waals surface area (Å²) in [5, 5.41) is 4.29. The number of piperazine rings is 1. The Bertz CT molecular complexity index is 996. The molecule has 1 fully saturated rings.